The summed E-state index contributed by atoms with van der Waals surface area (Å²) in [7, 11) is 0. The maximum atomic E-state index is 3.49. The van der Waals surface area contributed by atoms with Gasteiger partial charge >= 0.3 is 0 Å². The number of rotatable bonds is 8. The van der Waals surface area contributed by atoms with Gasteiger partial charge in [0.1, 0.15) is 0 Å². The van der Waals surface area contributed by atoms with Crippen molar-refractivity contribution in [2.24, 2.45) is 5.92 Å². The van der Waals surface area contributed by atoms with Crippen LogP contribution in [-0.2, 0) is 0 Å². The molecule has 1 unspecified atom stereocenters. The van der Waals surface area contributed by atoms with Gasteiger partial charge in [0.15, 0.2) is 0 Å². The minimum Gasteiger partial charge on any atom is -0.316 e. The smallest absolute Gasteiger partial charge is 0.00787 e. The molecule has 0 heterocycles. The van der Waals surface area contributed by atoms with Gasteiger partial charge in [-0.1, -0.05) is 27.7 Å². The summed E-state index contributed by atoms with van der Waals surface area (Å²) in [4.78, 5) is 2.51. The summed E-state index contributed by atoms with van der Waals surface area (Å²) in [6.45, 7) is 15.9. The molecule has 0 spiro atoms. The molecule has 0 bridgehead atoms. The lowest BCUT2D eigenvalue weighted by molar-refractivity contribution is 0.219. The zero-order chi connectivity index (χ0) is 11.0. The molecule has 0 amide bonds. The van der Waals surface area contributed by atoms with Gasteiger partial charge in [0, 0.05) is 6.04 Å². The molecule has 0 aromatic heterocycles. The fourth-order valence-electron chi connectivity index (χ4n) is 1.73. The van der Waals surface area contributed by atoms with E-state index < -0.39 is 0 Å². The second kappa shape index (κ2) is 8.25. The Kier molecular flexibility index (Phi) is 8.20. The van der Waals surface area contributed by atoms with Crippen LogP contribution in [-0.4, -0.2) is 37.1 Å². The van der Waals surface area contributed by atoms with Gasteiger partial charge in [-0.25, -0.2) is 0 Å². The summed E-state index contributed by atoms with van der Waals surface area (Å²) in [5.41, 5.74) is 0. The fourth-order valence-corrected chi connectivity index (χ4v) is 1.73. The van der Waals surface area contributed by atoms with Gasteiger partial charge in [-0.3, -0.25) is 0 Å². The van der Waals surface area contributed by atoms with Crippen molar-refractivity contribution in [3.8, 4) is 0 Å². The van der Waals surface area contributed by atoms with Gasteiger partial charge in [-0.15, -0.1) is 0 Å². The van der Waals surface area contributed by atoms with E-state index in [0.29, 0.717) is 6.04 Å². The Labute approximate surface area is 90.1 Å². The van der Waals surface area contributed by atoms with E-state index in [2.05, 4.69) is 44.8 Å². The van der Waals surface area contributed by atoms with Crippen LogP contribution in [0.4, 0.5) is 0 Å². The van der Waals surface area contributed by atoms with Gasteiger partial charge in [0.05, 0.1) is 0 Å². The molecule has 0 rings (SSSR count). The molecule has 1 atom stereocenters. The van der Waals surface area contributed by atoms with E-state index in [1.807, 2.05) is 0 Å². The third-order valence-corrected chi connectivity index (χ3v) is 2.73. The van der Waals surface area contributed by atoms with E-state index in [1.54, 1.807) is 0 Å². The quantitative estimate of drug-likeness (QED) is 0.605. The predicted molar refractivity (Wildman–Crippen MR) is 64.7 cm³/mol. The Hall–Kier alpha value is -0.0800. The fraction of sp³-hybridized carbons (Fsp3) is 1.00. The molecule has 14 heavy (non-hydrogen) atoms. The number of hydrogen-bond acceptors (Lipinski definition) is 2. The van der Waals surface area contributed by atoms with E-state index >= 15 is 0 Å². The molecule has 0 saturated heterocycles. The molecular weight excluding hydrogens is 172 g/mol. The highest BCUT2D eigenvalue weighted by atomic mass is 15.1. The van der Waals surface area contributed by atoms with Gasteiger partial charge in [-0.2, -0.15) is 0 Å². The molecule has 0 aliphatic rings. The van der Waals surface area contributed by atoms with Crippen molar-refractivity contribution in [1.82, 2.24) is 10.2 Å². The molecule has 0 aliphatic heterocycles. The van der Waals surface area contributed by atoms with Crippen molar-refractivity contribution in [2.75, 3.05) is 26.2 Å². The highest BCUT2D eigenvalue weighted by molar-refractivity contribution is 4.66. The first-order valence-corrected chi connectivity index (χ1v) is 6.06. The monoisotopic (exact) mass is 200 g/mol. The maximum Gasteiger partial charge on any atom is 0.00787 e. The van der Waals surface area contributed by atoms with Crippen LogP contribution in [0.15, 0.2) is 0 Å². The summed E-state index contributed by atoms with van der Waals surface area (Å²) < 4.78 is 0. The predicted octanol–water partition coefficient (Wildman–Crippen LogP) is 2.35. The lowest BCUT2D eigenvalue weighted by Crippen LogP contribution is -2.35. The van der Waals surface area contributed by atoms with Gasteiger partial charge in [0.2, 0.25) is 0 Å². The number of nitrogens with one attached hydrogen (secondary N) is 1. The third kappa shape index (κ3) is 6.39. The topological polar surface area (TPSA) is 15.3 Å². The molecule has 0 radical (unpaired) electrons. The van der Waals surface area contributed by atoms with Gasteiger partial charge < -0.3 is 10.2 Å². The Bertz CT molecular complexity index is 119. The highest BCUT2D eigenvalue weighted by Crippen LogP contribution is 2.01. The van der Waals surface area contributed by atoms with Crippen LogP contribution in [0.3, 0.4) is 0 Å². The van der Waals surface area contributed by atoms with Crippen molar-refractivity contribution in [2.45, 2.75) is 47.1 Å². The molecule has 86 valence electrons. The molecule has 0 saturated carbocycles. The highest BCUT2D eigenvalue weighted by Gasteiger charge is 2.08. The van der Waals surface area contributed by atoms with Crippen molar-refractivity contribution >= 4 is 0 Å². The zero-order valence-electron chi connectivity index (χ0n) is 10.6. The van der Waals surface area contributed by atoms with Crippen LogP contribution >= 0.6 is 0 Å². The third-order valence-electron chi connectivity index (χ3n) is 2.73. The minimum absolute atomic E-state index is 0.713. The van der Waals surface area contributed by atoms with E-state index in [0.717, 1.165) is 19.0 Å². The van der Waals surface area contributed by atoms with E-state index in [-0.39, 0.29) is 0 Å². The average Bonchev–Trinajstić information content (AvgIpc) is 2.14. The van der Waals surface area contributed by atoms with Crippen molar-refractivity contribution in [3.63, 3.8) is 0 Å². The largest absolute Gasteiger partial charge is 0.316 e. The molecule has 1 N–H and O–H groups in total. The van der Waals surface area contributed by atoms with Crippen LogP contribution < -0.4 is 5.32 Å². The number of nitrogens with zero attached hydrogens (tertiary/aromatic N) is 1. The molecule has 0 aromatic carbocycles. The first kappa shape index (κ1) is 13.9. The van der Waals surface area contributed by atoms with Crippen LogP contribution in [0, 0.1) is 5.92 Å². The number of hydrogen-bond donors (Lipinski definition) is 1. The summed E-state index contributed by atoms with van der Waals surface area (Å²) in [5, 5.41) is 3.49. The SMILES string of the molecule is CCN(CC)C(C)CCNCC(C)C. The Morgan fingerprint density at radius 2 is 1.64 bits per heavy atom. The first-order valence-electron chi connectivity index (χ1n) is 6.06. The molecule has 0 fully saturated rings. The summed E-state index contributed by atoms with van der Waals surface area (Å²) in [5.74, 6) is 0.763. The van der Waals surface area contributed by atoms with E-state index in [9.17, 15) is 0 Å². The normalized spacial score (nSPS) is 13.9. The molecule has 2 nitrogen and oxygen atoms in total. The second-order valence-electron chi connectivity index (χ2n) is 4.46. The van der Waals surface area contributed by atoms with Crippen molar-refractivity contribution in [3.05, 3.63) is 0 Å². The zero-order valence-corrected chi connectivity index (χ0v) is 10.6. The Balaban J connectivity index is 3.47. The maximum absolute atomic E-state index is 3.49. The van der Waals surface area contributed by atoms with Crippen LogP contribution in [0.5, 0.6) is 0 Å². The Morgan fingerprint density at radius 1 is 1.07 bits per heavy atom. The van der Waals surface area contributed by atoms with Crippen molar-refractivity contribution < 1.29 is 0 Å². The molecule has 0 aromatic rings. The lowest BCUT2D eigenvalue weighted by atomic mass is 10.2. The molecule has 2 heteroatoms. The van der Waals surface area contributed by atoms with Crippen LogP contribution in [0.2, 0.25) is 0 Å². The van der Waals surface area contributed by atoms with Crippen LogP contribution in [0.25, 0.3) is 0 Å². The van der Waals surface area contributed by atoms with E-state index in [1.165, 1.54) is 19.5 Å². The average molecular weight is 200 g/mol. The standard InChI is InChI=1S/C12H28N2/c1-6-14(7-2)12(5)8-9-13-10-11(3)4/h11-13H,6-10H2,1-5H3. The first-order chi connectivity index (χ1) is 6.61. The molecular formula is C12H28N2. The lowest BCUT2D eigenvalue weighted by Gasteiger charge is -2.26. The summed E-state index contributed by atoms with van der Waals surface area (Å²) in [6, 6.07) is 0.713. The second-order valence-corrected chi connectivity index (χ2v) is 4.46. The summed E-state index contributed by atoms with van der Waals surface area (Å²) >= 11 is 0. The summed E-state index contributed by atoms with van der Waals surface area (Å²) in [6.07, 6.45) is 1.26. The molecule has 0 aliphatic carbocycles. The van der Waals surface area contributed by atoms with Gasteiger partial charge in [0.25, 0.3) is 0 Å². The Morgan fingerprint density at radius 3 is 2.07 bits per heavy atom. The van der Waals surface area contributed by atoms with Crippen LogP contribution in [0.1, 0.15) is 41.0 Å². The van der Waals surface area contributed by atoms with Crippen molar-refractivity contribution in [1.29, 1.82) is 0 Å². The van der Waals surface area contributed by atoms with Gasteiger partial charge in [-0.05, 0) is 45.4 Å². The minimum atomic E-state index is 0.713. The van der Waals surface area contributed by atoms with E-state index in [4.69, 9.17) is 0 Å².